The summed E-state index contributed by atoms with van der Waals surface area (Å²) >= 11 is 0. The molecule has 1 aliphatic heterocycles. The highest BCUT2D eigenvalue weighted by atomic mass is 16.5. The summed E-state index contributed by atoms with van der Waals surface area (Å²) in [4.78, 5) is 18.0. The lowest BCUT2D eigenvalue weighted by molar-refractivity contribution is -0.127. The van der Waals surface area contributed by atoms with E-state index in [9.17, 15) is 4.79 Å². The third-order valence-electron chi connectivity index (χ3n) is 4.39. The average Bonchev–Trinajstić information content (AvgIpc) is 2.94. The fourth-order valence-electron chi connectivity index (χ4n) is 3.15. The second-order valence-corrected chi connectivity index (χ2v) is 5.96. The predicted molar refractivity (Wildman–Crippen MR) is 92.8 cm³/mol. The minimum atomic E-state index is -0.0346. The van der Waals surface area contributed by atoms with Gasteiger partial charge in [0.25, 0.3) is 0 Å². The number of nitrogens with zero attached hydrogens (tertiary/aromatic N) is 3. The summed E-state index contributed by atoms with van der Waals surface area (Å²) in [5.74, 6) is 0.692. The summed E-state index contributed by atoms with van der Waals surface area (Å²) in [6, 6.07) is 13.1. The number of carbonyl (C=O) groups excluding carboxylic acids is 1. The maximum absolute atomic E-state index is 12.1. The van der Waals surface area contributed by atoms with Crippen LogP contribution in [0.2, 0.25) is 0 Å². The average molecular weight is 336 g/mol. The summed E-state index contributed by atoms with van der Waals surface area (Å²) in [5, 5.41) is 12.5. The number of pyridine rings is 1. The van der Waals surface area contributed by atoms with Crippen molar-refractivity contribution in [3.63, 3.8) is 0 Å². The summed E-state index contributed by atoms with van der Waals surface area (Å²) < 4.78 is 5.69. The molecule has 0 spiro atoms. The highest BCUT2D eigenvalue weighted by Gasteiger charge is 2.38. The molecule has 128 valence electrons. The number of nitrogens with one attached hydrogen (secondary N) is 1. The van der Waals surface area contributed by atoms with Crippen LogP contribution in [0.1, 0.15) is 23.6 Å². The molecule has 1 fully saturated rings. The molecule has 1 aliphatic rings. The first-order chi connectivity index (χ1) is 12.2. The van der Waals surface area contributed by atoms with Gasteiger partial charge in [-0.1, -0.05) is 18.2 Å². The topological polar surface area (TPSA) is 78.3 Å². The predicted octanol–water partition coefficient (Wildman–Crippen LogP) is 1.89. The fourth-order valence-corrected chi connectivity index (χ4v) is 3.15. The molecule has 0 saturated carbocycles. The first kappa shape index (κ1) is 16.9. The molecule has 0 bridgehead atoms. The Morgan fingerprint density at radius 2 is 2.20 bits per heavy atom. The molecule has 1 aromatic carbocycles. The first-order valence-corrected chi connectivity index (χ1v) is 8.21. The van der Waals surface area contributed by atoms with E-state index in [0.29, 0.717) is 30.9 Å². The third kappa shape index (κ3) is 3.78. The van der Waals surface area contributed by atoms with Crippen molar-refractivity contribution in [2.24, 2.45) is 0 Å². The number of ether oxygens (including phenoxy) is 1. The van der Waals surface area contributed by atoms with Gasteiger partial charge in [-0.3, -0.25) is 9.78 Å². The van der Waals surface area contributed by atoms with E-state index in [0.717, 1.165) is 5.56 Å². The Morgan fingerprint density at radius 3 is 2.96 bits per heavy atom. The van der Waals surface area contributed by atoms with Crippen molar-refractivity contribution in [1.29, 1.82) is 5.26 Å². The Kier molecular flexibility index (Phi) is 5.26. The van der Waals surface area contributed by atoms with Crippen molar-refractivity contribution >= 4 is 5.91 Å². The number of hydrogen-bond donors (Lipinski definition) is 1. The number of aromatic nitrogens is 1. The molecule has 1 amide bonds. The molecule has 0 aliphatic carbocycles. The van der Waals surface area contributed by atoms with Gasteiger partial charge in [0, 0.05) is 38.4 Å². The molecule has 6 nitrogen and oxygen atoms in total. The molecule has 3 rings (SSSR count). The van der Waals surface area contributed by atoms with Gasteiger partial charge in [0.2, 0.25) is 5.91 Å². The van der Waals surface area contributed by atoms with Crippen molar-refractivity contribution in [3.8, 4) is 11.8 Å². The highest BCUT2D eigenvalue weighted by molar-refractivity contribution is 5.80. The Morgan fingerprint density at radius 1 is 1.36 bits per heavy atom. The number of carbonyl (C=O) groups is 1. The van der Waals surface area contributed by atoms with Crippen LogP contribution in [0.15, 0.2) is 48.8 Å². The summed E-state index contributed by atoms with van der Waals surface area (Å²) in [5.41, 5.74) is 1.54. The summed E-state index contributed by atoms with van der Waals surface area (Å²) in [7, 11) is 1.82. The Labute approximate surface area is 147 Å². The number of benzene rings is 1. The normalized spacial score (nSPS) is 19.7. The zero-order valence-electron chi connectivity index (χ0n) is 14.1. The van der Waals surface area contributed by atoms with E-state index in [1.807, 2.05) is 31.3 Å². The molecular formula is C19H20N4O2. The van der Waals surface area contributed by atoms with Gasteiger partial charge < -0.3 is 15.0 Å². The van der Waals surface area contributed by atoms with Crippen LogP contribution in [0.25, 0.3) is 0 Å². The van der Waals surface area contributed by atoms with Gasteiger partial charge in [0.1, 0.15) is 18.4 Å². The van der Waals surface area contributed by atoms with Crippen LogP contribution in [0.3, 0.4) is 0 Å². The monoisotopic (exact) mass is 336 g/mol. The summed E-state index contributed by atoms with van der Waals surface area (Å²) in [6.45, 7) is 1.01. The van der Waals surface area contributed by atoms with Crippen molar-refractivity contribution < 1.29 is 9.53 Å². The molecule has 25 heavy (non-hydrogen) atoms. The molecule has 1 aromatic heterocycles. The Bertz CT molecular complexity index is 772. The Hall–Kier alpha value is -2.91. The van der Waals surface area contributed by atoms with Gasteiger partial charge in [-0.2, -0.15) is 5.26 Å². The molecule has 0 radical (unpaired) electrons. The van der Waals surface area contributed by atoms with Crippen LogP contribution in [-0.2, 0) is 4.79 Å². The molecule has 1 saturated heterocycles. The largest absolute Gasteiger partial charge is 0.491 e. The van der Waals surface area contributed by atoms with Crippen LogP contribution < -0.4 is 10.1 Å². The highest BCUT2D eigenvalue weighted by Crippen LogP contribution is 2.31. The smallest absolute Gasteiger partial charge is 0.224 e. The second-order valence-electron chi connectivity index (χ2n) is 5.96. The van der Waals surface area contributed by atoms with Crippen LogP contribution in [0.4, 0.5) is 0 Å². The number of hydrogen-bond acceptors (Lipinski definition) is 5. The number of amides is 1. The lowest BCUT2D eigenvalue weighted by Gasteiger charge is -2.25. The minimum Gasteiger partial charge on any atom is -0.491 e. The van der Waals surface area contributed by atoms with E-state index < -0.39 is 0 Å². The minimum absolute atomic E-state index is 0.0107. The molecule has 2 atom stereocenters. The number of likely N-dealkylation sites (N-methyl/N-ethyl adjacent to an activating group) is 1. The first-order valence-electron chi connectivity index (χ1n) is 8.21. The molecule has 2 aromatic rings. The molecule has 2 heterocycles. The van der Waals surface area contributed by atoms with E-state index in [4.69, 9.17) is 10.00 Å². The zero-order chi connectivity index (χ0) is 17.6. The van der Waals surface area contributed by atoms with Crippen molar-refractivity contribution in [3.05, 3.63) is 59.9 Å². The van der Waals surface area contributed by atoms with Gasteiger partial charge >= 0.3 is 0 Å². The van der Waals surface area contributed by atoms with Crippen LogP contribution in [-0.4, -0.2) is 42.0 Å². The number of para-hydroxylation sites is 1. The van der Waals surface area contributed by atoms with E-state index in [2.05, 4.69) is 16.4 Å². The maximum Gasteiger partial charge on any atom is 0.224 e. The fraction of sp³-hybridized carbons (Fsp3) is 0.316. The van der Waals surface area contributed by atoms with Gasteiger partial charge in [-0.25, -0.2) is 0 Å². The van der Waals surface area contributed by atoms with Crippen LogP contribution in [0.5, 0.6) is 5.75 Å². The van der Waals surface area contributed by atoms with Crippen LogP contribution in [0, 0.1) is 11.3 Å². The van der Waals surface area contributed by atoms with Crippen molar-refractivity contribution in [2.75, 3.05) is 20.2 Å². The van der Waals surface area contributed by atoms with Gasteiger partial charge in [0.15, 0.2) is 0 Å². The third-order valence-corrected chi connectivity index (χ3v) is 4.39. The lowest BCUT2D eigenvalue weighted by atomic mass is 10.0. The maximum atomic E-state index is 12.1. The van der Waals surface area contributed by atoms with Gasteiger partial charge in [-0.15, -0.1) is 0 Å². The Balaban J connectivity index is 1.58. The quantitative estimate of drug-likeness (QED) is 0.815. The van der Waals surface area contributed by atoms with E-state index >= 15 is 0 Å². The molecule has 0 unspecified atom stereocenters. The standard InChI is InChI=1S/C19H20N4O2/c1-23-18(24)11-16(19(23)15-6-4-8-21-13-15)22-9-10-25-17-7-3-2-5-14(17)12-20/h2-8,13,16,19,22H,9-11H2,1H3/t16-,19+/m1/s1. The zero-order valence-corrected chi connectivity index (χ0v) is 14.1. The SMILES string of the molecule is CN1C(=O)C[C@@H](NCCOc2ccccc2C#N)[C@@H]1c1cccnc1. The van der Waals surface area contributed by atoms with Crippen molar-refractivity contribution in [2.45, 2.75) is 18.5 Å². The van der Waals surface area contributed by atoms with E-state index in [-0.39, 0.29) is 18.0 Å². The van der Waals surface area contributed by atoms with Gasteiger partial charge in [0.05, 0.1) is 11.6 Å². The lowest BCUT2D eigenvalue weighted by Crippen LogP contribution is -2.37. The van der Waals surface area contributed by atoms with Crippen molar-refractivity contribution in [1.82, 2.24) is 15.2 Å². The number of nitriles is 1. The molecular weight excluding hydrogens is 316 g/mol. The summed E-state index contributed by atoms with van der Waals surface area (Å²) in [6.07, 6.45) is 3.97. The molecule has 1 N–H and O–H groups in total. The second kappa shape index (κ2) is 7.77. The van der Waals surface area contributed by atoms with Gasteiger partial charge in [-0.05, 0) is 23.8 Å². The molecule has 6 heteroatoms. The number of rotatable bonds is 6. The number of likely N-dealkylation sites (tertiary alicyclic amines) is 1. The van der Waals surface area contributed by atoms with E-state index in [1.165, 1.54) is 0 Å². The van der Waals surface area contributed by atoms with E-state index in [1.54, 1.807) is 29.4 Å². The van der Waals surface area contributed by atoms with Crippen LogP contribution >= 0.6 is 0 Å².